The SMILES string of the molecule is C[C@@H]1CC[C@@H]2C[C@]21C. The summed E-state index contributed by atoms with van der Waals surface area (Å²) in [4.78, 5) is 0. The van der Waals surface area contributed by atoms with Gasteiger partial charge in [0.25, 0.3) is 0 Å². The largest absolute Gasteiger partial charge is 0.0620 e. The Hall–Kier alpha value is 0. The summed E-state index contributed by atoms with van der Waals surface area (Å²) in [5.74, 6) is 2.17. The highest BCUT2D eigenvalue weighted by molar-refractivity contribution is 5.06. The van der Waals surface area contributed by atoms with Gasteiger partial charge in [-0.2, -0.15) is 0 Å². The first-order valence-electron chi connectivity index (χ1n) is 3.73. The van der Waals surface area contributed by atoms with Crippen molar-refractivity contribution in [2.75, 3.05) is 0 Å². The minimum absolute atomic E-state index is 0.819. The van der Waals surface area contributed by atoms with Gasteiger partial charge in [-0.3, -0.25) is 0 Å². The fourth-order valence-corrected chi connectivity index (χ4v) is 2.29. The van der Waals surface area contributed by atoms with Crippen LogP contribution in [-0.2, 0) is 0 Å². The maximum atomic E-state index is 2.45. The molecular formula is C8H14. The monoisotopic (exact) mass is 110 g/mol. The fourth-order valence-electron chi connectivity index (χ4n) is 2.29. The Bertz CT molecular complexity index is 115. The molecule has 0 spiro atoms. The molecule has 0 heteroatoms. The van der Waals surface area contributed by atoms with Crippen molar-refractivity contribution in [3.8, 4) is 0 Å². The zero-order valence-electron chi connectivity index (χ0n) is 5.78. The zero-order valence-corrected chi connectivity index (χ0v) is 5.78. The average molecular weight is 110 g/mol. The van der Waals surface area contributed by atoms with Crippen LogP contribution < -0.4 is 0 Å². The van der Waals surface area contributed by atoms with Gasteiger partial charge in [-0.1, -0.05) is 13.8 Å². The van der Waals surface area contributed by atoms with Gasteiger partial charge in [-0.25, -0.2) is 0 Å². The zero-order chi connectivity index (χ0) is 5.78. The topological polar surface area (TPSA) is 0 Å². The number of fused-ring (bicyclic) bond motifs is 1. The first-order chi connectivity index (χ1) is 3.73. The van der Waals surface area contributed by atoms with E-state index in [9.17, 15) is 0 Å². The normalized spacial score (nSPS) is 60.8. The molecule has 3 atom stereocenters. The van der Waals surface area contributed by atoms with Crippen molar-refractivity contribution in [1.82, 2.24) is 0 Å². The Morgan fingerprint density at radius 3 is 2.25 bits per heavy atom. The molecule has 2 aliphatic carbocycles. The van der Waals surface area contributed by atoms with Crippen molar-refractivity contribution in [3.05, 3.63) is 0 Å². The summed E-state index contributed by atoms with van der Waals surface area (Å²) in [5, 5.41) is 0. The van der Waals surface area contributed by atoms with E-state index in [1.165, 1.54) is 19.3 Å². The molecule has 0 heterocycles. The molecule has 8 heavy (non-hydrogen) atoms. The molecule has 0 N–H and O–H groups in total. The highest BCUT2D eigenvalue weighted by atomic mass is 14.6. The van der Waals surface area contributed by atoms with Crippen molar-refractivity contribution in [1.29, 1.82) is 0 Å². The summed E-state index contributed by atoms with van der Waals surface area (Å²) < 4.78 is 0. The third kappa shape index (κ3) is 0.375. The molecule has 0 unspecified atom stereocenters. The van der Waals surface area contributed by atoms with Gasteiger partial charge in [0.05, 0.1) is 0 Å². The van der Waals surface area contributed by atoms with Gasteiger partial charge in [0.1, 0.15) is 0 Å². The van der Waals surface area contributed by atoms with Gasteiger partial charge in [-0.05, 0) is 36.5 Å². The van der Waals surface area contributed by atoms with Gasteiger partial charge in [0.2, 0.25) is 0 Å². The molecule has 2 aliphatic rings. The second-order valence-electron chi connectivity index (χ2n) is 3.89. The molecule has 0 aromatic carbocycles. The molecule has 0 aromatic heterocycles. The van der Waals surface area contributed by atoms with Gasteiger partial charge in [0.15, 0.2) is 0 Å². The molecule has 2 saturated carbocycles. The van der Waals surface area contributed by atoms with Crippen LogP contribution in [0.3, 0.4) is 0 Å². The van der Waals surface area contributed by atoms with E-state index in [1.54, 1.807) is 0 Å². The maximum Gasteiger partial charge on any atom is -0.0269 e. The van der Waals surface area contributed by atoms with Crippen LogP contribution in [0.1, 0.15) is 33.1 Å². The fraction of sp³-hybridized carbons (Fsp3) is 1.00. The van der Waals surface area contributed by atoms with E-state index in [-0.39, 0.29) is 0 Å². The Labute approximate surface area is 51.3 Å². The van der Waals surface area contributed by atoms with Crippen LogP contribution in [0, 0.1) is 17.3 Å². The highest BCUT2D eigenvalue weighted by Crippen LogP contribution is 2.65. The predicted molar refractivity (Wildman–Crippen MR) is 34.6 cm³/mol. The molecular weight excluding hydrogens is 96.1 g/mol. The van der Waals surface area contributed by atoms with E-state index < -0.39 is 0 Å². The summed E-state index contributed by atoms with van der Waals surface area (Å²) in [6.45, 7) is 4.86. The average Bonchev–Trinajstić information content (AvgIpc) is 2.31. The van der Waals surface area contributed by atoms with Gasteiger partial charge >= 0.3 is 0 Å². The van der Waals surface area contributed by atoms with Crippen molar-refractivity contribution in [3.63, 3.8) is 0 Å². The van der Waals surface area contributed by atoms with E-state index >= 15 is 0 Å². The summed E-state index contributed by atoms with van der Waals surface area (Å²) in [6.07, 6.45) is 4.56. The lowest BCUT2D eigenvalue weighted by Gasteiger charge is -2.10. The van der Waals surface area contributed by atoms with Crippen molar-refractivity contribution in [2.45, 2.75) is 33.1 Å². The van der Waals surface area contributed by atoms with Crippen LogP contribution >= 0.6 is 0 Å². The minimum Gasteiger partial charge on any atom is -0.0620 e. The van der Waals surface area contributed by atoms with Gasteiger partial charge < -0.3 is 0 Å². The van der Waals surface area contributed by atoms with Crippen LogP contribution in [-0.4, -0.2) is 0 Å². The van der Waals surface area contributed by atoms with Gasteiger partial charge in [-0.15, -0.1) is 0 Å². The Morgan fingerprint density at radius 1 is 1.38 bits per heavy atom. The van der Waals surface area contributed by atoms with Crippen LogP contribution in [0.5, 0.6) is 0 Å². The molecule has 0 radical (unpaired) electrons. The third-order valence-corrected chi connectivity index (χ3v) is 3.53. The van der Waals surface area contributed by atoms with E-state index in [0.717, 1.165) is 17.3 Å². The van der Waals surface area contributed by atoms with Crippen LogP contribution in [0.2, 0.25) is 0 Å². The summed E-state index contributed by atoms with van der Waals surface area (Å²) in [6, 6.07) is 0. The Balaban J connectivity index is 2.19. The van der Waals surface area contributed by atoms with Crippen LogP contribution in [0.25, 0.3) is 0 Å². The standard InChI is InChI=1S/C8H14/c1-6-3-4-7-5-8(6,7)2/h6-7H,3-5H2,1-2H3/t6-,7-,8+/m1/s1. The van der Waals surface area contributed by atoms with Crippen LogP contribution in [0.4, 0.5) is 0 Å². The van der Waals surface area contributed by atoms with Crippen LogP contribution in [0.15, 0.2) is 0 Å². The Morgan fingerprint density at radius 2 is 2.12 bits per heavy atom. The van der Waals surface area contributed by atoms with E-state index in [4.69, 9.17) is 0 Å². The summed E-state index contributed by atoms with van der Waals surface area (Å²) in [7, 11) is 0. The predicted octanol–water partition coefficient (Wildman–Crippen LogP) is 2.44. The lowest BCUT2D eigenvalue weighted by atomic mass is 9.95. The minimum atomic E-state index is 0.819. The molecule has 46 valence electrons. The lowest BCUT2D eigenvalue weighted by Crippen LogP contribution is -2.02. The Kier molecular flexibility index (Phi) is 0.678. The first kappa shape index (κ1) is 4.84. The van der Waals surface area contributed by atoms with Crippen molar-refractivity contribution < 1.29 is 0 Å². The lowest BCUT2D eigenvalue weighted by molar-refractivity contribution is 0.390. The molecule has 0 nitrogen and oxygen atoms in total. The van der Waals surface area contributed by atoms with Gasteiger partial charge in [0, 0.05) is 0 Å². The molecule has 2 rings (SSSR count). The summed E-state index contributed by atoms with van der Waals surface area (Å²) in [5.41, 5.74) is 0.819. The number of rotatable bonds is 0. The number of hydrogen-bond donors (Lipinski definition) is 0. The second-order valence-corrected chi connectivity index (χ2v) is 3.89. The quantitative estimate of drug-likeness (QED) is 0.449. The van der Waals surface area contributed by atoms with E-state index in [2.05, 4.69) is 13.8 Å². The molecule has 0 aromatic rings. The number of hydrogen-bond acceptors (Lipinski definition) is 0. The third-order valence-electron chi connectivity index (χ3n) is 3.53. The highest BCUT2D eigenvalue weighted by Gasteiger charge is 2.56. The molecule has 0 amide bonds. The second kappa shape index (κ2) is 1.12. The molecule has 2 fully saturated rings. The van der Waals surface area contributed by atoms with Crippen molar-refractivity contribution >= 4 is 0 Å². The smallest absolute Gasteiger partial charge is 0.0269 e. The molecule has 0 saturated heterocycles. The van der Waals surface area contributed by atoms with E-state index in [1.807, 2.05) is 0 Å². The molecule has 0 aliphatic heterocycles. The van der Waals surface area contributed by atoms with Crippen molar-refractivity contribution in [2.24, 2.45) is 17.3 Å². The summed E-state index contributed by atoms with van der Waals surface area (Å²) >= 11 is 0. The first-order valence-corrected chi connectivity index (χ1v) is 3.73. The molecule has 0 bridgehead atoms. The van der Waals surface area contributed by atoms with E-state index in [0.29, 0.717) is 0 Å². The maximum absolute atomic E-state index is 2.45.